The van der Waals surface area contributed by atoms with Crippen LogP contribution in [0.5, 0.6) is 0 Å². The van der Waals surface area contributed by atoms with E-state index in [1.807, 2.05) is 36.4 Å². The van der Waals surface area contributed by atoms with Crippen LogP contribution in [-0.2, 0) is 5.41 Å². The second kappa shape index (κ2) is 8.67. The predicted octanol–water partition coefficient (Wildman–Crippen LogP) is 11.1. The van der Waals surface area contributed by atoms with Crippen molar-refractivity contribution in [3.63, 3.8) is 0 Å². The molecule has 45 heavy (non-hydrogen) atoms. The van der Waals surface area contributed by atoms with Gasteiger partial charge in [0.15, 0.2) is 5.82 Å². The SMILES string of the molecule is CC1(C)c2ccc(-c3nc(-c4ccccc4)c4ccc5oc6ccccc6c5c4n3)cc2-c2c1ccc1c2oc2ccccc21. The molecule has 3 heterocycles. The lowest BCUT2D eigenvalue weighted by Crippen LogP contribution is -2.14. The van der Waals surface area contributed by atoms with Crippen molar-refractivity contribution in [3.8, 4) is 33.8 Å². The van der Waals surface area contributed by atoms with Gasteiger partial charge in [0.25, 0.3) is 0 Å². The molecule has 0 unspecified atom stereocenters. The Kier molecular flexibility index (Phi) is 4.76. The third-order valence-electron chi connectivity index (χ3n) is 9.69. The number of nitrogens with zero attached hydrogens (tertiary/aromatic N) is 2. The highest BCUT2D eigenvalue weighted by Crippen LogP contribution is 2.53. The highest BCUT2D eigenvalue weighted by atomic mass is 16.3. The summed E-state index contributed by atoms with van der Waals surface area (Å²) in [5.41, 5.74) is 12.1. The first-order valence-electron chi connectivity index (χ1n) is 15.3. The Morgan fingerprint density at radius 3 is 2.09 bits per heavy atom. The van der Waals surface area contributed by atoms with Crippen LogP contribution in [0.2, 0.25) is 0 Å². The zero-order chi connectivity index (χ0) is 29.9. The zero-order valence-corrected chi connectivity index (χ0v) is 24.8. The molecule has 0 amide bonds. The van der Waals surface area contributed by atoms with Crippen LogP contribution in [0, 0.1) is 0 Å². The first-order valence-corrected chi connectivity index (χ1v) is 15.3. The summed E-state index contributed by atoms with van der Waals surface area (Å²) in [6.07, 6.45) is 0. The number of aromatic nitrogens is 2. The van der Waals surface area contributed by atoms with E-state index >= 15 is 0 Å². The van der Waals surface area contributed by atoms with E-state index in [9.17, 15) is 0 Å². The standard InChI is InChI=1S/C41H26N2O2/c1-41(2)30-19-16-24(22-29(30)35-31(41)20-17-26-25-12-6-8-14-32(25)45-39(26)35)40-42-37(23-10-4-3-5-11-23)28-18-21-34-36(38(28)43-40)27-13-7-9-15-33(27)44-34/h3-22H,1-2H3. The maximum atomic E-state index is 6.56. The first-order chi connectivity index (χ1) is 22.1. The number of hydrogen-bond acceptors (Lipinski definition) is 4. The van der Waals surface area contributed by atoms with Gasteiger partial charge >= 0.3 is 0 Å². The van der Waals surface area contributed by atoms with Gasteiger partial charge in [-0.3, -0.25) is 0 Å². The van der Waals surface area contributed by atoms with Crippen LogP contribution in [0.4, 0.5) is 0 Å². The predicted molar refractivity (Wildman–Crippen MR) is 183 cm³/mol. The third-order valence-corrected chi connectivity index (χ3v) is 9.69. The maximum Gasteiger partial charge on any atom is 0.160 e. The Hall–Kier alpha value is -5.74. The van der Waals surface area contributed by atoms with Crippen molar-refractivity contribution in [1.29, 1.82) is 0 Å². The van der Waals surface area contributed by atoms with Gasteiger partial charge in [-0.15, -0.1) is 0 Å². The first kappa shape index (κ1) is 24.7. The molecule has 1 aliphatic rings. The molecule has 0 spiro atoms. The van der Waals surface area contributed by atoms with E-state index in [0.717, 1.165) is 77.2 Å². The highest BCUT2D eigenvalue weighted by molar-refractivity contribution is 6.19. The minimum absolute atomic E-state index is 0.169. The van der Waals surface area contributed by atoms with Gasteiger partial charge in [0.05, 0.1) is 16.6 Å². The van der Waals surface area contributed by atoms with E-state index in [2.05, 4.69) is 98.8 Å². The van der Waals surface area contributed by atoms with E-state index in [0.29, 0.717) is 5.82 Å². The van der Waals surface area contributed by atoms with E-state index in [-0.39, 0.29) is 5.41 Å². The summed E-state index contributed by atoms with van der Waals surface area (Å²) < 4.78 is 12.8. The van der Waals surface area contributed by atoms with Crippen LogP contribution in [-0.4, -0.2) is 9.97 Å². The summed E-state index contributed by atoms with van der Waals surface area (Å²) in [5.74, 6) is 0.685. The molecule has 3 aromatic heterocycles. The number of rotatable bonds is 2. The number of furan rings is 2. The molecule has 10 rings (SSSR count). The fraction of sp³-hybridized carbons (Fsp3) is 0.0732. The molecule has 0 bridgehead atoms. The normalized spacial score (nSPS) is 13.7. The molecule has 9 aromatic rings. The average Bonchev–Trinajstić information content (AvgIpc) is 3.72. The Morgan fingerprint density at radius 2 is 1.24 bits per heavy atom. The molecule has 0 saturated heterocycles. The second-order valence-corrected chi connectivity index (χ2v) is 12.5. The number of benzene rings is 6. The molecular formula is C41H26N2O2. The molecule has 0 aliphatic heterocycles. The molecule has 0 saturated carbocycles. The Labute approximate surface area is 258 Å². The van der Waals surface area contributed by atoms with Crippen LogP contribution in [0.3, 0.4) is 0 Å². The molecule has 212 valence electrons. The molecule has 1 aliphatic carbocycles. The van der Waals surface area contributed by atoms with Crippen molar-refractivity contribution in [1.82, 2.24) is 9.97 Å². The van der Waals surface area contributed by atoms with Crippen molar-refractivity contribution in [2.75, 3.05) is 0 Å². The monoisotopic (exact) mass is 578 g/mol. The Balaban J connectivity index is 1.28. The summed E-state index contributed by atoms with van der Waals surface area (Å²) >= 11 is 0. The summed E-state index contributed by atoms with van der Waals surface area (Å²) in [6, 6.07) is 42.2. The van der Waals surface area contributed by atoms with Gasteiger partial charge in [-0.05, 0) is 47.0 Å². The Morgan fingerprint density at radius 1 is 0.533 bits per heavy atom. The molecule has 0 atom stereocenters. The number of hydrogen-bond donors (Lipinski definition) is 0. The van der Waals surface area contributed by atoms with Gasteiger partial charge in [0.2, 0.25) is 0 Å². The Bertz CT molecular complexity index is 2680. The lowest BCUT2D eigenvalue weighted by atomic mass is 9.82. The van der Waals surface area contributed by atoms with Gasteiger partial charge in [0, 0.05) is 43.7 Å². The summed E-state index contributed by atoms with van der Waals surface area (Å²) in [7, 11) is 0. The minimum atomic E-state index is -0.169. The fourth-order valence-corrected chi connectivity index (χ4v) is 7.51. The van der Waals surface area contributed by atoms with Crippen molar-refractivity contribution in [2.24, 2.45) is 0 Å². The molecular weight excluding hydrogens is 552 g/mol. The number of fused-ring (bicyclic) bond motifs is 12. The summed E-state index contributed by atoms with van der Waals surface area (Å²) in [4.78, 5) is 10.6. The van der Waals surface area contributed by atoms with E-state index < -0.39 is 0 Å². The van der Waals surface area contributed by atoms with Crippen molar-refractivity contribution in [3.05, 3.63) is 132 Å². The van der Waals surface area contributed by atoms with Crippen molar-refractivity contribution < 1.29 is 8.83 Å². The lowest BCUT2D eigenvalue weighted by molar-refractivity contribution is 0.653. The van der Waals surface area contributed by atoms with Crippen LogP contribution < -0.4 is 0 Å². The van der Waals surface area contributed by atoms with Crippen molar-refractivity contribution >= 4 is 54.8 Å². The largest absolute Gasteiger partial charge is 0.456 e. The second-order valence-electron chi connectivity index (χ2n) is 12.5. The molecule has 6 aromatic carbocycles. The smallest absolute Gasteiger partial charge is 0.160 e. The molecule has 4 nitrogen and oxygen atoms in total. The maximum absolute atomic E-state index is 6.56. The van der Waals surface area contributed by atoms with Crippen LogP contribution in [0.25, 0.3) is 88.6 Å². The van der Waals surface area contributed by atoms with Crippen LogP contribution in [0.1, 0.15) is 25.0 Å². The quantitative estimate of drug-likeness (QED) is 0.205. The van der Waals surface area contributed by atoms with Crippen LogP contribution in [0.15, 0.2) is 130 Å². The van der Waals surface area contributed by atoms with Gasteiger partial charge in [-0.25, -0.2) is 9.97 Å². The fourth-order valence-electron chi connectivity index (χ4n) is 7.51. The van der Waals surface area contributed by atoms with E-state index in [1.54, 1.807) is 0 Å². The highest BCUT2D eigenvalue weighted by Gasteiger charge is 2.38. The van der Waals surface area contributed by atoms with Crippen molar-refractivity contribution in [2.45, 2.75) is 19.3 Å². The van der Waals surface area contributed by atoms with E-state index in [1.165, 1.54) is 16.7 Å². The minimum Gasteiger partial charge on any atom is -0.456 e. The molecule has 0 N–H and O–H groups in total. The lowest BCUT2D eigenvalue weighted by Gasteiger charge is -2.21. The molecule has 0 radical (unpaired) electrons. The molecule has 4 heteroatoms. The topological polar surface area (TPSA) is 52.1 Å². The van der Waals surface area contributed by atoms with Gasteiger partial charge in [-0.2, -0.15) is 0 Å². The average molecular weight is 579 g/mol. The third kappa shape index (κ3) is 3.31. The summed E-state index contributed by atoms with van der Waals surface area (Å²) in [5, 5.41) is 5.35. The molecule has 0 fully saturated rings. The van der Waals surface area contributed by atoms with Gasteiger partial charge < -0.3 is 8.83 Å². The van der Waals surface area contributed by atoms with Gasteiger partial charge in [-0.1, -0.05) is 105 Å². The van der Waals surface area contributed by atoms with E-state index in [4.69, 9.17) is 18.8 Å². The zero-order valence-electron chi connectivity index (χ0n) is 24.8. The number of para-hydroxylation sites is 2. The summed E-state index contributed by atoms with van der Waals surface area (Å²) in [6.45, 7) is 4.60. The van der Waals surface area contributed by atoms with Gasteiger partial charge in [0.1, 0.15) is 22.3 Å². The van der Waals surface area contributed by atoms with Crippen LogP contribution >= 0.6 is 0 Å².